The minimum atomic E-state index is -0.682. The van der Waals surface area contributed by atoms with Crippen LogP contribution in [0.25, 0.3) is 22.2 Å². The molecule has 30 heavy (non-hydrogen) atoms. The maximum atomic E-state index is 14.0. The maximum absolute atomic E-state index is 14.0. The summed E-state index contributed by atoms with van der Waals surface area (Å²) in [6.07, 6.45) is 3.42. The van der Waals surface area contributed by atoms with E-state index < -0.39 is 23.3 Å². The highest BCUT2D eigenvalue weighted by Gasteiger charge is 2.28. The summed E-state index contributed by atoms with van der Waals surface area (Å²) in [6.45, 7) is 5.06. The van der Waals surface area contributed by atoms with Crippen LogP contribution >= 0.6 is 0 Å². The van der Waals surface area contributed by atoms with Gasteiger partial charge in [0, 0.05) is 24.0 Å². The number of hydrogen-bond donors (Lipinski definition) is 1. The predicted molar refractivity (Wildman–Crippen MR) is 114 cm³/mol. The Morgan fingerprint density at radius 2 is 1.50 bits per heavy atom. The summed E-state index contributed by atoms with van der Waals surface area (Å²) >= 11 is 0. The number of nitrogens with one attached hydrogen (secondary N) is 1. The van der Waals surface area contributed by atoms with Crippen LogP contribution in [-0.2, 0) is 4.79 Å². The molecule has 0 fully saturated rings. The molecule has 1 amide bonds. The van der Waals surface area contributed by atoms with Crippen LogP contribution in [0, 0.1) is 11.6 Å². The first-order valence-electron chi connectivity index (χ1n) is 10.4. The van der Waals surface area contributed by atoms with Crippen molar-refractivity contribution in [3.63, 3.8) is 0 Å². The van der Waals surface area contributed by atoms with Crippen molar-refractivity contribution in [3.8, 4) is 11.3 Å². The zero-order valence-electron chi connectivity index (χ0n) is 17.3. The summed E-state index contributed by atoms with van der Waals surface area (Å²) in [5.41, 5.74) is 1.61. The molecular weight excluding hydrogens is 386 g/mol. The molecule has 0 atom stereocenters. The molecule has 0 saturated carbocycles. The molecule has 0 radical (unpaired) electrons. The Hall–Kier alpha value is -3.02. The second-order valence-corrected chi connectivity index (χ2v) is 7.40. The van der Waals surface area contributed by atoms with Gasteiger partial charge in [0.2, 0.25) is 0 Å². The van der Waals surface area contributed by atoms with Gasteiger partial charge in [-0.15, -0.1) is 0 Å². The molecule has 0 unspecified atom stereocenters. The number of unbranched alkanes of at least 4 members (excludes halogenated alkanes) is 2. The number of aromatic amines is 1. The Morgan fingerprint density at radius 3 is 2.10 bits per heavy atom. The van der Waals surface area contributed by atoms with Crippen molar-refractivity contribution in [1.29, 1.82) is 0 Å². The zero-order chi connectivity index (χ0) is 21.7. The van der Waals surface area contributed by atoms with Crippen LogP contribution in [-0.4, -0.2) is 34.7 Å². The van der Waals surface area contributed by atoms with E-state index in [0.29, 0.717) is 35.2 Å². The molecule has 0 aliphatic rings. The van der Waals surface area contributed by atoms with E-state index in [1.54, 1.807) is 4.90 Å². The Bertz CT molecular complexity index is 1030. The molecule has 2 aromatic carbocycles. The Labute approximate surface area is 174 Å². The summed E-state index contributed by atoms with van der Waals surface area (Å²) in [5.74, 6) is -2.18. The average molecular weight is 412 g/mol. The lowest BCUT2D eigenvalue weighted by Crippen LogP contribution is -2.38. The molecular formula is C24H26F2N2O2. The number of carbonyl (C=O) groups excluding carboxylic acids is 2. The van der Waals surface area contributed by atoms with Crippen molar-refractivity contribution in [2.24, 2.45) is 0 Å². The number of halogens is 2. The van der Waals surface area contributed by atoms with Gasteiger partial charge in [0.1, 0.15) is 11.6 Å². The number of rotatable bonds is 9. The zero-order valence-corrected chi connectivity index (χ0v) is 17.3. The van der Waals surface area contributed by atoms with Gasteiger partial charge in [-0.3, -0.25) is 9.59 Å². The fraction of sp³-hybridized carbons (Fsp3) is 0.333. The number of aromatic nitrogens is 1. The first kappa shape index (κ1) is 21.7. The molecule has 1 heterocycles. The first-order valence-corrected chi connectivity index (χ1v) is 10.4. The number of ketones is 1. The first-order chi connectivity index (χ1) is 14.5. The molecule has 1 aromatic heterocycles. The largest absolute Gasteiger partial charge is 0.354 e. The lowest BCUT2D eigenvalue weighted by molar-refractivity contribution is -0.126. The van der Waals surface area contributed by atoms with Crippen molar-refractivity contribution in [1.82, 2.24) is 9.88 Å². The Balaban J connectivity index is 2.08. The Morgan fingerprint density at radius 1 is 0.900 bits per heavy atom. The number of nitrogens with zero attached hydrogens (tertiary/aromatic N) is 1. The third kappa shape index (κ3) is 4.58. The molecule has 158 valence electrons. The van der Waals surface area contributed by atoms with Crippen LogP contribution in [0.2, 0.25) is 0 Å². The number of carbonyl (C=O) groups is 2. The van der Waals surface area contributed by atoms with Crippen LogP contribution in [0.3, 0.4) is 0 Å². The second-order valence-electron chi connectivity index (χ2n) is 7.40. The van der Waals surface area contributed by atoms with Crippen molar-refractivity contribution < 1.29 is 18.4 Å². The lowest BCUT2D eigenvalue weighted by Gasteiger charge is -2.21. The van der Waals surface area contributed by atoms with E-state index in [1.165, 1.54) is 42.5 Å². The van der Waals surface area contributed by atoms with Gasteiger partial charge in [0.15, 0.2) is 0 Å². The van der Waals surface area contributed by atoms with Crippen LogP contribution in [0.15, 0.2) is 42.5 Å². The number of H-pyrrole nitrogens is 1. The second kappa shape index (κ2) is 9.65. The minimum Gasteiger partial charge on any atom is -0.354 e. The lowest BCUT2D eigenvalue weighted by atomic mass is 10.0. The van der Waals surface area contributed by atoms with E-state index in [4.69, 9.17) is 0 Å². The number of amides is 1. The molecule has 4 nitrogen and oxygen atoms in total. The molecule has 0 bridgehead atoms. The predicted octanol–water partition coefficient (Wildman–Crippen LogP) is 5.72. The molecule has 0 aliphatic heterocycles. The van der Waals surface area contributed by atoms with Gasteiger partial charge in [0.25, 0.3) is 11.7 Å². The monoisotopic (exact) mass is 412 g/mol. The van der Waals surface area contributed by atoms with Crippen molar-refractivity contribution in [2.75, 3.05) is 13.1 Å². The number of Topliss-reactive ketones (excluding diaryl/α,β-unsaturated/α-hetero) is 1. The SMILES string of the molecule is CCCCN(CCCC)C(=O)C(=O)c1c(-c2ccc(F)cc2)[nH]c2ccc(F)cc12. The average Bonchev–Trinajstić information content (AvgIpc) is 3.12. The fourth-order valence-electron chi connectivity index (χ4n) is 3.50. The summed E-state index contributed by atoms with van der Waals surface area (Å²) in [6, 6.07) is 9.70. The van der Waals surface area contributed by atoms with Gasteiger partial charge in [-0.05, 0) is 60.9 Å². The molecule has 1 N–H and O–H groups in total. The van der Waals surface area contributed by atoms with E-state index in [9.17, 15) is 18.4 Å². The van der Waals surface area contributed by atoms with Crippen molar-refractivity contribution in [3.05, 3.63) is 59.7 Å². The van der Waals surface area contributed by atoms with Crippen LogP contribution in [0.5, 0.6) is 0 Å². The van der Waals surface area contributed by atoms with Crippen LogP contribution in [0.4, 0.5) is 8.78 Å². The fourth-order valence-corrected chi connectivity index (χ4v) is 3.50. The standard InChI is InChI=1S/C24H26F2N2O2/c1-3-5-13-28(14-6-4-2)24(30)23(29)21-19-15-18(26)11-12-20(19)27-22(21)16-7-9-17(25)10-8-16/h7-12,15,27H,3-6,13-14H2,1-2H3. The van der Waals surface area contributed by atoms with Gasteiger partial charge >= 0.3 is 0 Å². The van der Waals surface area contributed by atoms with Crippen molar-refractivity contribution >= 4 is 22.6 Å². The van der Waals surface area contributed by atoms with Gasteiger partial charge in [-0.1, -0.05) is 26.7 Å². The molecule has 6 heteroatoms. The van der Waals surface area contributed by atoms with Crippen LogP contribution in [0.1, 0.15) is 49.9 Å². The van der Waals surface area contributed by atoms with Gasteiger partial charge in [-0.2, -0.15) is 0 Å². The van der Waals surface area contributed by atoms with E-state index in [0.717, 1.165) is 25.7 Å². The summed E-state index contributed by atoms with van der Waals surface area (Å²) < 4.78 is 27.4. The summed E-state index contributed by atoms with van der Waals surface area (Å²) in [4.78, 5) is 31.2. The molecule has 0 aliphatic carbocycles. The van der Waals surface area contributed by atoms with Gasteiger partial charge in [-0.25, -0.2) is 8.78 Å². The van der Waals surface area contributed by atoms with E-state index in [-0.39, 0.29) is 5.56 Å². The summed E-state index contributed by atoms with van der Waals surface area (Å²) in [5, 5.41) is 0.346. The molecule has 3 rings (SSSR count). The maximum Gasteiger partial charge on any atom is 0.295 e. The summed E-state index contributed by atoms with van der Waals surface area (Å²) in [7, 11) is 0. The minimum absolute atomic E-state index is 0.124. The molecule has 3 aromatic rings. The number of fused-ring (bicyclic) bond motifs is 1. The van der Waals surface area contributed by atoms with E-state index in [1.807, 2.05) is 13.8 Å². The molecule has 0 saturated heterocycles. The third-order valence-electron chi connectivity index (χ3n) is 5.17. The van der Waals surface area contributed by atoms with Crippen LogP contribution < -0.4 is 0 Å². The normalized spacial score (nSPS) is 11.1. The Kier molecular flexibility index (Phi) is 6.98. The quantitative estimate of drug-likeness (QED) is 0.361. The van der Waals surface area contributed by atoms with Gasteiger partial charge < -0.3 is 9.88 Å². The highest BCUT2D eigenvalue weighted by atomic mass is 19.1. The molecule has 0 spiro atoms. The van der Waals surface area contributed by atoms with Gasteiger partial charge in [0.05, 0.1) is 11.3 Å². The number of hydrogen-bond acceptors (Lipinski definition) is 2. The van der Waals surface area contributed by atoms with Crippen molar-refractivity contribution in [2.45, 2.75) is 39.5 Å². The van der Waals surface area contributed by atoms with E-state index in [2.05, 4.69) is 4.98 Å². The smallest absolute Gasteiger partial charge is 0.295 e. The highest BCUT2D eigenvalue weighted by Crippen LogP contribution is 2.32. The number of benzene rings is 2. The third-order valence-corrected chi connectivity index (χ3v) is 5.17. The highest BCUT2D eigenvalue weighted by molar-refractivity contribution is 6.46. The van der Waals surface area contributed by atoms with E-state index >= 15 is 0 Å². The topological polar surface area (TPSA) is 53.2 Å².